The van der Waals surface area contributed by atoms with E-state index in [2.05, 4.69) is 6.92 Å². The van der Waals surface area contributed by atoms with Crippen molar-refractivity contribution in [1.82, 2.24) is 0 Å². The number of ether oxygens (including phenoxy) is 4. The lowest BCUT2D eigenvalue weighted by atomic mass is 9.99. The van der Waals surface area contributed by atoms with Crippen LogP contribution in [-0.4, -0.2) is 106 Å². The molecule has 0 aliphatic carbocycles. The van der Waals surface area contributed by atoms with E-state index in [1.807, 2.05) is 0 Å². The molecule has 160 valence electrons. The molecule has 0 saturated carbocycles. The van der Waals surface area contributed by atoms with Gasteiger partial charge in [-0.3, -0.25) is 0 Å². The van der Waals surface area contributed by atoms with Crippen molar-refractivity contribution in [3.05, 3.63) is 0 Å². The fourth-order valence-corrected chi connectivity index (χ4v) is 3.04. The average molecular weight is 396 g/mol. The second-order valence-corrected chi connectivity index (χ2v) is 7.03. The van der Waals surface area contributed by atoms with Crippen molar-refractivity contribution in [3.63, 3.8) is 0 Å². The standard InChI is InChI=1S/C17H32O10/c1-2-3-4-5-6-24-17-15(23)13(21)12(20)10(27-17)8-26-16-14(22)11(19)9(18)7-25-16/h9-23H,2-8H2,1H3/t9-,10+,11-,12-,13-,14-,15-,16-,17+/m1/s1. The fourth-order valence-electron chi connectivity index (χ4n) is 3.04. The zero-order valence-electron chi connectivity index (χ0n) is 15.5. The molecule has 2 aliphatic rings. The Kier molecular flexibility index (Phi) is 9.29. The third-order valence-corrected chi connectivity index (χ3v) is 4.83. The Morgan fingerprint density at radius 2 is 1.48 bits per heavy atom. The molecule has 0 aromatic rings. The van der Waals surface area contributed by atoms with Crippen LogP contribution < -0.4 is 0 Å². The van der Waals surface area contributed by atoms with Gasteiger partial charge in [0, 0.05) is 6.61 Å². The third kappa shape index (κ3) is 6.04. The van der Waals surface area contributed by atoms with E-state index < -0.39 is 55.3 Å². The summed E-state index contributed by atoms with van der Waals surface area (Å²) in [4.78, 5) is 0. The van der Waals surface area contributed by atoms with Gasteiger partial charge in [-0.05, 0) is 6.42 Å². The van der Waals surface area contributed by atoms with Crippen LogP contribution in [0.3, 0.4) is 0 Å². The van der Waals surface area contributed by atoms with Crippen LogP contribution in [0.2, 0.25) is 0 Å². The predicted molar refractivity (Wildman–Crippen MR) is 90.5 cm³/mol. The van der Waals surface area contributed by atoms with Gasteiger partial charge in [-0.2, -0.15) is 0 Å². The van der Waals surface area contributed by atoms with Gasteiger partial charge >= 0.3 is 0 Å². The maximum Gasteiger partial charge on any atom is 0.186 e. The molecule has 6 N–H and O–H groups in total. The Balaban J connectivity index is 1.83. The topological polar surface area (TPSA) is 158 Å². The molecular weight excluding hydrogens is 364 g/mol. The van der Waals surface area contributed by atoms with Crippen molar-refractivity contribution >= 4 is 0 Å². The van der Waals surface area contributed by atoms with E-state index in [0.29, 0.717) is 6.61 Å². The molecule has 27 heavy (non-hydrogen) atoms. The normalized spacial score (nSPS) is 43.0. The van der Waals surface area contributed by atoms with Gasteiger partial charge in [-0.1, -0.05) is 26.2 Å². The summed E-state index contributed by atoms with van der Waals surface area (Å²) in [5.41, 5.74) is 0. The lowest BCUT2D eigenvalue weighted by molar-refractivity contribution is -0.320. The summed E-state index contributed by atoms with van der Waals surface area (Å²) in [6.07, 6.45) is -7.94. The van der Waals surface area contributed by atoms with Crippen LogP contribution in [0.1, 0.15) is 32.6 Å². The van der Waals surface area contributed by atoms with Crippen molar-refractivity contribution in [2.24, 2.45) is 0 Å². The highest BCUT2D eigenvalue weighted by Gasteiger charge is 2.45. The number of rotatable bonds is 9. The van der Waals surface area contributed by atoms with Gasteiger partial charge in [0.25, 0.3) is 0 Å². The van der Waals surface area contributed by atoms with Crippen LogP contribution in [0.4, 0.5) is 0 Å². The van der Waals surface area contributed by atoms with E-state index in [4.69, 9.17) is 18.9 Å². The first-order chi connectivity index (χ1) is 12.9. The molecule has 2 saturated heterocycles. The van der Waals surface area contributed by atoms with E-state index in [1.54, 1.807) is 0 Å². The molecule has 0 aromatic carbocycles. The van der Waals surface area contributed by atoms with Crippen LogP contribution in [0, 0.1) is 0 Å². The summed E-state index contributed by atoms with van der Waals surface area (Å²) in [5, 5.41) is 59.1. The molecule has 0 radical (unpaired) electrons. The van der Waals surface area contributed by atoms with Gasteiger partial charge in [0.1, 0.15) is 42.7 Å². The van der Waals surface area contributed by atoms with Crippen LogP contribution in [0.25, 0.3) is 0 Å². The smallest absolute Gasteiger partial charge is 0.186 e. The number of hydrogen-bond donors (Lipinski definition) is 6. The first kappa shape index (κ1) is 22.9. The molecule has 10 nitrogen and oxygen atoms in total. The summed E-state index contributed by atoms with van der Waals surface area (Å²) in [6, 6.07) is 0. The van der Waals surface area contributed by atoms with Gasteiger partial charge in [0.15, 0.2) is 12.6 Å². The van der Waals surface area contributed by atoms with E-state index >= 15 is 0 Å². The molecule has 9 atom stereocenters. The number of aliphatic hydroxyl groups is 6. The highest BCUT2D eigenvalue weighted by Crippen LogP contribution is 2.24. The van der Waals surface area contributed by atoms with Gasteiger partial charge in [0.05, 0.1) is 13.2 Å². The van der Waals surface area contributed by atoms with Crippen molar-refractivity contribution < 1.29 is 49.6 Å². The highest BCUT2D eigenvalue weighted by molar-refractivity contribution is 4.90. The SMILES string of the molecule is CCCCCCO[C@H]1O[C@@H](CO[C@H]2OC[C@@H](O)[C@@H](O)[C@H]2O)[C@@H](O)[C@@H](O)[C@H]1O. The van der Waals surface area contributed by atoms with Crippen molar-refractivity contribution in [1.29, 1.82) is 0 Å². The minimum atomic E-state index is -1.49. The first-order valence-corrected chi connectivity index (χ1v) is 9.45. The second-order valence-electron chi connectivity index (χ2n) is 7.03. The van der Waals surface area contributed by atoms with E-state index in [0.717, 1.165) is 25.7 Å². The Labute approximate surface area is 158 Å². The third-order valence-electron chi connectivity index (χ3n) is 4.83. The number of hydrogen-bond acceptors (Lipinski definition) is 10. The van der Waals surface area contributed by atoms with Crippen LogP contribution in [-0.2, 0) is 18.9 Å². The summed E-state index contributed by atoms with van der Waals surface area (Å²) in [7, 11) is 0. The number of aliphatic hydroxyl groups excluding tert-OH is 6. The Morgan fingerprint density at radius 3 is 2.19 bits per heavy atom. The Hall–Kier alpha value is -0.400. The van der Waals surface area contributed by atoms with E-state index in [9.17, 15) is 30.6 Å². The monoisotopic (exact) mass is 396 g/mol. The molecule has 0 amide bonds. The summed E-state index contributed by atoms with van der Waals surface area (Å²) >= 11 is 0. The Morgan fingerprint density at radius 1 is 0.778 bits per heavy atom. The van der Waals surface area contributed by atoms with Crippen molar-refractivity contribution in [2.75, 3.05) is 19.8 Å². The number of unbranched alkanes of at least 4 members (excludes halogenated alkanes) is 3. The van der Waals surface area contributed by atoms with Gasteiger partial charge < -0.3 is 49.6 Å². The molecule has 0 aromatic heterocycles. The molecular formula is C17H32O10. The zero-order chi connectivity index (χ0) is 20.0. The minimum Gasteiger partial charge on any atom is -0.388 e. The first-order valence-electron chi connectivity index (χ1n) is 9.45. The summed E-state index contributed by atoms with van der Waals surface area (Å²) in [6.45, 7) is 1.92. The lowest BCUT2D eigenvalue weighted by Gasteiger charge is -2.41. The average Bonchev–Trinajstić information content (AvgIpc) is 2.66. The molecule has 10 heteroatoms. The molecule has 0 spiro atoms. The maximum atomic E-state index is 10.1. The maximum absolute atomic E-state index is 10.1. The van der Waals surface area contributed by atoms with Gasteiger partial charge in [-0.15, -0.1) is 0 Å². The molecule has 2 fully saturated rings. The molecule has 0 unspecified atom stereocenters. The van der Waals surface area contributed by atoms with Crippen molar-refractivity contribution in [2.45, 2.75) is 87.9 Å². The summed E-state index contributed by atoms with van der Waals surface area (Å²) < 4.78 is 21.4. The largest absolute Gasteiger partial charge is 0.388 e. The van der Waals surface area contributed by atoms with Crippen molar-refractivity contribution in [3.8, 4) is 0 Å². The quantitative estimate of drug-likeness (QED) is 0.237. The molecule has 0 bridgehead atoms. The molecule has 2 rings (SSSR count). The zero-order valence-corrected chi connectivity index (χ0v) is 15.5. The van der Waals surface area contributed by atoms with Crippen LogP contribution in [0.5, 0.6) is 0 Å². The fraction of sp³-hybridized carbons (Fsp3) is 1.00. The summed E-state index contributed by atoms with van der Waals surface area (Å²) in [5.74, 6) is 0. The van der Waals surface area contributed by atoms with E-state index in [-0.39, 0.29) is 13.2 Å². The van der Waals surface area contributed by atoms with Gasteiger partial charge in [0.2, 0.25) is 0 Å². The minimum absolute atomic E-state index is 0.220. The van der Waals surface area contributed by atoms with Crippen LogP contribution >= 0.6 is 0 Å². The highest BCUT2D eigenvalue weighted by atomic mass is 16.7. The van der Waals surface area contributed by atoms with Gasteiger partial charge in [-0.25, -0.2) is 0 Å². The molecule has 2 heterocycles. The second kappa shape index (κ2) is 11.0. The molecule has 2 aliphatic heterocycles. The Bertz CT molecular complexity index is 425. The van der Waals surface area contributed by atoms with Crippen LogP contribution in [0.15, 0.2) is 0 Å². The van der Waals surface area contributed by atoms with E-state index in [1.165, 1.54) is 0 Å². The predicted octanol–water partition coefficient (Wildman–Crippen LogP) is -2.15. The lowest BCUT2D eigenvalue weighted by Crippen LogP contribution is -2.60.